The summed E-state index contributed by atoms with van der Waals surface area (Å²) in [6, 6.07) is 9.93. The van der Waals surface area contributed by atoms with Crippen molar-refractivity contribution in [1.82, 2.24) is 0 Å². The van der Waals surface area contributed by atoms with Crippen LogP contribution in [0.3, 0.4) is 0 Å². The van der Waals surface area contributed by atoms with Crippen molar-refractivity contribution in [2.45, 2.75) is 13.3 Å². The number of carbonyl (C=O) groups excluding carboxylic acids is 1. The summed E-state index contributed by atoms with van der Waals surface area (Å²) < 4.78 is 9.69. The van der Waals surface area contributed by atoms with Crippen LogP contribution in [0.5, 0.6) is 0 Å². The van der Waals surface area contributed by atoms with Gasteiger partial charge in [0.15, 0.2) is 0 Å². The molecule has 0 bridgehead atoms. The van der Waals surface area contributed by atoms with Crippen LogP contribution in [0.2, 0.25) is 0 Å². The molecule has 0 aliphatic rings. The lowest BCUT2D eigenvalue weighted by Gasteiger charge is -2.02. The molecule has 0 heterocycles. The third kappa shape index (κ3) is 5.41. The highest BCUT2D eigenvalue weighted by Crippen LogP contribution is 2.05. The van der Waals surface area contributed by atoms with Crippen LogP contribution in [0, 0.1) is 0 Å². The van der Waals surface area contributed by atoms with Crippen LogP contribution in [0.15, 0.2) is 41.8 Å². The van der Waals surface area contributed by atoms with Crippen LogP contribution in [0.4, 0.5) is 0 Å². The predicted octanol–water partition coefficient (Wildman–Crippen LogP) is 2.85. The molecule has 0 aliphatic heterocycles. The molecule has 0 amide bonds. The first-order chi connectivity index (χ1) is 7.68. The molecule has 4 heteroatoms. The van der Waals surface area contributed by atoms with Gasteiger partial charge in [-0.3, -0.25) is 4.79 Å². The zero-order valence-corrected chi connectivity index (χ0v) is 9.74. The third-order valence-corrected chi connectivity index (χ3v) is 1.93. The summed E-state index contributed by atoms with van der Waals surface area (Å²) in [6.07, 6.45) is 2.01. The van der Waals surface area contributed by atoms with E-state index in [1.165, 1.54) is 18.7 Å². The third-order valence-electron chi connectivity index (χ3n) is 1.77. The molecule has 0 radical (unpaired) electrons. The van der Waals surface area contributed by atoms with E-state index in [4.69, 9.17) is 16.3 Å². The van der Waals surface area contributed by atoms with Crippen LogP contribution in [0.25, 0.3) is 0 Å². The molecule has 0 aromatic heterocycles. The second-order valence-electron chi connectivity index (χ2n) is 3.12. The first kappa shape index (κ1) is 12.6. The lowest BCUT2D eigenvalue weighted by molar-refractivity contribution is -0.136. The quantitative estimate of drug-likeness (QED) is 0.451. The van der Waals surface area contributed by atoms with Crippen molar-refractivity contribution in [2.24, 2.45) is 0 Å². The maximum Gasteiger partial charge on any atom is 0.308 e. The highest BCUT2D eigenvalue weighted by Gasteiger charge is 1.97. The maximum atomic E-state index is 10.5. The number of benzene rings is 1. The monoisotopic (exact) mass is 240 g/mol. The van der Waals surface area contributed by atoms with Gasteiger partial charge in [0, 0.05) is 13.3 Å². The molecule has 0 spiro atoms. The van der Waals surface area contributed by atoms with E-state index in [2.05, 4.69) is 4.74 Å². The van der Waals surface area contributed by atoms with Gasteiger partial charge in [0.2, 0.25) is 5.22 Å². The van der Waals surface area contributed by atoms with Crippen molar-refractivity contribution in [3.8, 4) is 0 Å². The zero-order valence-electron chi connectivity index (χ0n) is 8.98. The van der Waals surface area contributed by atoms with Gasteiger partial charge in [-0.05, 0) is 17.2 Å². The molecular weight excluding hydrogens is 228 g/mol. The number of hydrogen-bond donors (Lipinski definition) is 0. The van der Waals surface area contributed by atoms with Crippen molar-refractivity contribution in [2.75, 3.05) is 6.61 Å². The van der Waals surface area contributed by atoms with Crippen molar-refractivity contribution in [3.05, 3.63) is 47.4 Å². The average Bonchev–Trinajstić information content (AvgIpc) is 2.25. The number of hydrogen-bond acceptors (Lipinski definition) is 3. The Morgan fingerprint density at radius 2 is 2.06 bits per heavy atom. The molecule has 1 rings (SSSR count). The minimum atomic E-state index is -0.465. The Balaban J connectivity index is 2.24. The van der Waals surface area contributed by atoms with Crippen LogP contribution in [-0.4, -0.2) is 12.6 Å². The molecular formula is C12H13ClO3. The SMILES string of the molecule is CC(=O)O/C(Cl)=C\OCCc1ccccc1. The summed E-state index contributed by atoms with van der Waals surface area (Å²) in [7, 11) is 0. The van der Waals surface area contributed by atoms with E-state index in [-0.39, 0.29) is 5.22 Å². The Morgan fingerprint density at radius 1 is 1.38 bits per heavy atom. The van der Waals surface area contributed by atoms with Crippen LogP contribution >= 0.6 is 11.6 Å². The fraction of sp³-hybridized carbons (Fsp3) is 0.250. The van der Waals surface area contributed by atoms with E-state index < -0.39 is 5.97 Å². The summed E-state index contributed by atoms with van der Waals surface area (Å²) in [5.41, 5.74) is 1.18. The van der Waals surface area contributed by atoms with E-state index in [0.717, 1.165) is 6.42 Å². The van der Waals surface area contributed by atoms with Crippen molar-refractivity contribution in [3.63, 3.8) is 0 Å². The maximum absolute atomic E-state index is 10.5. The Morgan fingerprint density at radius 3 is 2.69 bits per heavy atom. The summed E-state index contributed by atoms with van der Waals surface area (Å²) >= 11 is 5.55. The number of rotatable bonds is 5. The van der Waals surface area contributed by atoms with Gasteiger partial charge in [-0.15, -0.1) is 0 Å². The molecule has 0 unspecified atom stereocenters. The Hall–Kier alpha value is -1.48. The summed E-state index contributed by atoms with van der Waals surface area (Å²) in [5.74, 6) is -0.465. The van der Waals surface area contributed by atoms with Gasteiger partial charge in [-0.25, -0.2) is 0 Å². The average molecular weight is 241 g/mol. The predicted molar refractivity (Wildman–Crippen MR) is 61.8 cm³/mol. The van der Waals surface area contributed by atoms with Gasteiger partial charge < -0.3 is 9.47 Å². The van der Waals surface area contributed by atoms with Gasteiger partial charge in [0.25, 0.3) is 0 Å². The van der Waals surface area contributed by atoms with Crippen LogP contribution < -0.4 is 0 Å². The Bertz CT molecular complexity index is 360. The lowest BCUT2D eigenvalue weighted by Crippen LogP contribution is -1.97. The second kappa shape index (κ2) is 6.90. The molecule has 3 nitrogen and oxygen atoms in total. The van der Waals surface area contributed by atoms with Crippen LogP contribution in [0.1, 0.15) is 12.5 Å². The molecule has 0 saturated carbocycles. The molecule has 0 atom stereocenters. The molecule has 0 aliphatic carbocycles. The van der Waals surface area contributed by atoms with Gasteiger partial charge in [0.1, 0.15) is 6.26 Å². The normalized spacial score (nSPS) is 11.0. The minimum Gasteiger partial charge on any atom is -0.496 e. The largest absolute Gasteiger partial charge is 0.496 e. The topological polar surface area (TPSA) is 35.5 Å². The minimum absolute atomic E-state index is 0.0550. The summed E-state index contributed by atoms with van der Waals surface area (Å²) in [5, 5.41) is -0.0550. The molecule has 1 aromatic rings. The first-order valence-electron chi connectivity index (χ1n) is 4.88. The highest BCUT2D eigenvalue weighted by atomic mass is 35.5. The lowest BCUT2D eigenvalue weighted by atomic mass is 10.2. The highest BCUT2D eigenvalue weighted by molar-refractivity contribution is 6.28. The molecule has 16 heavy (non-hydrogen) atoms. The molecule has 0 fully saturated rings. The van der Waals surface area contributed by atoms with Crippen molar-refractivity contribution >= 4 is 17.6 Å². The fourth-order valence-electron chi connectivity index (χ4n) is 1.11. The molecule has 0 N–H and O–H groups in total. The van der Waals surface area contributed by atoms with Crippen LogP contribution in [-0.2, 0) is 20.7 Å². The Labute approximate surface area is 99.6 Å². The molecule has 0 saturated heterocycles. The number of esters is 1. The van der Waals surface area contributed by atoms with Gasteiger partial charge in [-0.2, -0.15) is 0 Å². The smallest absolute Gasteiger partial charge is 0.308 e. The zero-order chi connectivity index (χ0) is 11.8. The van der Waals surface area contributed by atoms with Gasteiger partial charge in [-0.1, -0.05) is 30.3 Å². The van der Waals surface area contributed by atoms with E-state index in [9.17, 15) is 4.79 Å². The van der Waals surface area contributed by atoms with E-state index >= 15 is 0 Å². The van der Waals surface area contributed by atoms with E-state index in [1.54, 1.807) is 0 Å². The molecule has 86 valence electrons. The summed E-state index contributed by atoms with van der Waals surface area (Å²) in [4.78, 5) is 10.5. The van der Waals surface area contributed by atoms with Crippen molar-refractivity contribution < 1.29 is 14.3 Å². The van der Waals surface area contributed by atoms with Gasteiger partial charge in [0.05, 0.1) is 6.61 Å². The number of ether oxygens (including phenoxy) is 2. The molecule has 1 aromatic carbocycles. The van der Waals surface area contributed by atoms with E-state index in [0.29, 0.717) is 6.61 Å². The Kier molecular flexibility index (Phi) is 5.43. The second-order valence-corrected chi connectivity index (χ2v) is 3.49. The first-order valence-corrected chi connectivity index (χ1v) is 5.26. The number of carbonyl (C=O) groups is 1. The number of halogens is 1. The summed E-state index contributed by atoms with van der Waals surface area (Å²) in [6.45, 7) is 1.77. The standard InChI is InChI=1S/C12H13ClO3/c1-10(14)16-12(13)9-15-8-7-11-5-3-2-4-6-11/h2-6,9H,7-8H2,1H3/b12-9-. The van der Waals surface area contributed by atoms with Crippen molar-refractivity contribution in [1.29, 1.82) is 0 Å². The van der Waals surface area contributed by atoms with Gasteiger partial charge >= 0.3 is 5.97 Å². The van der Waals surface area contributed by atoms with E-state index in [1.807, 2.05) is 30.3 Å². The fourth-order valence-corrected chi connectivity index (χ4v) is 1.28.